The number of hydrogen-bond donors (Lipinski definition) is 1. The van der Waals surface area contributed by atoms with E-state index in [1.54, 1.807) is 11.3 Å². The van der Waals surface area contributed by atoms with Crippen LogP contribution in [0.5, 0.6) is 0 Å². The minimum absolute atomic E-state index is 0.0728. The van der Waals surface area contributed by atoms with Crippen molar-refractivity contribution in [2.24, 2.45) is 0 Å². The standard InChI is InChI=1S/C17H13ClN2OS/c1-11(21)19-14-6-2-12(3-7-14)4-9-17-20-15-10-13(18)5-8-16(15)22-17/h2-10H,1H3,(H,19,21)/b9-4+. The second kappa shape index (κ2) is 6.30. The normalized spacial score (nSPS) is 11.2. The summed E-state index contributed by atoms with van der Waals surface area (Å²) in [5.41, 5.74) is 2.75. The summed E-state index contributed by atoms with van der Waals surface area (Å²) >= 11 is 7.59. The molecule has 2 aromatic carbocycles. The van der Waals surface area contributed by atoms with Gasteiger partial charge in [-0.3, -0.25) is 4.79 Å². The van der Waals surface area contributed by atoms with Gasteiger partial charge in [0.2, 0.25) is 5.91 Å². The minimum Gasteiger partial charge on any atom is -0.326 e. The average molecular weight is 329 g/mol. The molecule has 22 heavy (non-hydrogen) atoms. The highest BCUT2D eigenvalue weighted by molar-refractivity contribution is 7.19. The molecule has 0 unspecified atom stereocenters. The maximum absolute atomic E-state index is 11.0. The van der Waals surface area contributed by atoms with Crippen molar-refractivity contribution in [2.45, 2.75) is 6.92 Å². The number of rotatable bonds is 3. The fourth-order valence-electron chi connectivity index (χ4n) is 2.04. The molecule has 3 rings (SSSR count). The largest absolute Gasteiger partial charge is 0.326 e. The number of aromatic nitrogens is 1. The molecule has 0 aliphatic heterocycles. The average Bonchev–Trinajstić information content (AvgIpc) is 2.88. The van der Waals surface area contributed by atoms with E-state index in [1.165, 1.54) is 6.92 Å². The van der Waals surface area contributed by atoms with Crippen LogP contribution in [0.3, 0.4) is 0 Å². The van der Waals surface area contributed by atoms with E-state index < -0.39 is 0 Å². The van der Waals surface area contributed by atoms with Crippen molar-refractivity contribution >= 4 is 56.9 Å². The highest BCUT2D eigenvalue weighted by Crippen LogP contribution is 2.26. The van der Waals surface area contributed by atoms with E-state index in [1.807, 2.05) is 54.6 Å². The second-order valence-corrected chi connectivity index (χ2v) is 6.30. The Balaban J connectivity index is 1.78. The zero-order valence-corrected chi connectivity index (χ0v) is 13.4. The lowest BCUT2D eigenvalue weighted by molar-refractivity contribution is -0.114. The number of fused-ring (bicyclic) bond motifs is 1. The fourth-order valence-corrected chi connectivity index (χ4v) is 3.05. The Morgan fingerprint density at radius 3 is 2.68 bits per heavy atom. The predicted molar refractivity (Wildman–Crippen MR) is 94.3 cm³/mol. The first-order valence-electron chi connectivity index (χ1n) is 6.72. The van der Waals surface area contributed by atoms with Crippen LogP contribution in [0.25, 0.3) is 22.4 Å². The predicted octanol–water partition coefficient (Wildman–Crippen LogP) is 5.08. The van der Waals surface area contributed by atoms with Crippen molar-refractivity contribution in [1.82, 2.24) is 4.98 Å². The van der Waals surface area contributed by atoms with Gasteiger partial charge in [-0.15, -0.1) is 11.3 Å². The van der Waals surface area contributed by atoms with E-state index in [-0.39, 0.29) is 5.91 Å². The zero-order valence-electron chi connectivity index (χ0n) is 11.8. The summed E-state index contributed by atoms with van der Waals surface area (Å²) in [6.45, 7) is 1.49. The van der Waals surface area contributed by atoms with Crippen molar-refractivity contribution in [3.63, 3.8) is 0 Å². The summed E-state index contributed by atoms with van der Waals surface area (Å²) in [5.74, 6) is -0.0728. The van der Waals surface area contributed by atoms with Crippen LogP contribution in [0.1, 0.15) is 17.5 Å². The third-order valence-electron chi connectivity index (χ3n) is 3.02. The summed E-state index contributed by atoms with van der Waals surface area (Å²) in [6, 6.07) is 13.4. The molecule has 1 N–H and O–H groups in total. The number of halogens is 1. The first-order chi connectivity index (χ1) is 10.6. The molecule has 0 aliphatic carbocycles. The number of hydrogen-bond acceptors (Lipinski definition) is 3. The van der Waals surface area contributed by atoms with Crippen LogP contribution in [0.15, 0.2) is 42.5 Å². The maximum atomic E-state index is 11.0. The van der Waals surface area contributed by atoms with E-state index in [4.69, 9.17) is 11.6 Å². The molecule has 5 heteroatoms. The number of nitrogens with zero attached hydrogens (tertiary/aromatic N) is 1. The Kier molecular flexibility index (Phi) is 4.22. The lowest BCUT2D eigenvalue weighted by atomic mass is 10.2. The van der Waals surface area contributed by atoms with Crippen LogP contribution in [0, 0.1) is 0 Å². The van der Waals surface area contributed by atoms with Gasteiger partial charge < -0.3 is 5.32 Å². The van der Waals surface area contributed by atoms with Crippen molar-refractivity contribution in [1.29, 1.82) is 0 Å². The van der Waals surface area contributed by atoms with Crippen molar-refractivity contribution in [3.05, 3.63) is 58.1 Å². The SMILES string of the molecule is CC(=O)Nc1ccc(/C=C/c2nc3cc(Cl)ccc3s2)cc1. The van der Waals surface area contributed by atoms with Gasteiger partial charge in [0.1, 0.15) is 5.01 Å². The highest BCUT2D eigenvalue weighted by atomic mass is 35.5. The van der Waals surface area contributed by atoms with Gasteiger partial charge in [0.15, 0.2) is 0 Å². The zero-order chi connectivity index (χ0) is 15.5. The van der Waals surface area contributed by atoms with Crippen LogP contribution in [0.4, 0.5) is 5.69 Å². The lowest BCUT2D eigenvalue weighted by Crippen LogP contribution is -2.05. The van der Waals surface area contributed by atoms with Crippen molar-refractivity contribution in [2.75, 3.05) is 5.32 Å². The Morgan fingerprint density at radius 2 is 1.95 bits per heavy atom. The number of amides is 1. The maximum Gasteiger partial charge on any atom is 0.221 e. The number of carbonyl (C=O) groups is 1. The first-order valence-corrected chi connectivity index (χ1v) is 7.91. The Hall–Kier alpha value is -2.17. The molecule has 110 valence electrons. The Labute approximate surface area is 137 Å². The molecule has 0 spiro atoms. The van der Waals surface area contributed by atoms with E-state index >= 15 is 0 Å². The van der Waals surface area contributed by atoms with Gasteiger partial charge in [-0.2, -0.15) is 0 Å². The van der Waals surface area contributed by atoms with Gasteiger partial charge in [-0.1, -0.05) is 29.8 Å². The summed E-state index contributed by atoms with van der Waals surface area (Å²) in [6.07, 6.45) is 3.98. The van der Waals surface area contributed by atoms with Crippen molar-refractivity contribution < 1.29 is 4.79 Å². The van der Waals surface area contributed by atoms with Crippen LogP contribution < -0.4 is 5.32 Å². The van der Waals surface area contributed by atoms with E-state index in [0.29, 0.717) is 5.02 Å². The number of thiazole rings is 1. The summed E-state index contributed by atoms with van der Waals surface area (Å²) < 4.78 is 1.12. The van der Waals surface area contributed by atoms with E-state index in [0.717, 1.165) is 26.5 Å². The molecule has 3 nitrogen and oxygen atoms in total. The topological polar surface area (TPSA) is 42.0 Å². The van der Waals surface area contributed by atoms with Gasteiger partial charge in [0, 0.05) is 17.6 Å². The number of carbonyl (C=O) groups excluding carboxylic acids is 1. The van der Waals surface area contributed by atoms with Crippen LogP contribution in [-0.4, -0.2) is 10.9 Å². The third kappa shape index (κ3) is 3.53. The monoisotopic (exact) mass is 328 g/mol. The summed E-state index contributed by atoms with van der Waals surface area (Å²) in [5, 5.41) is 4.37. The molecule has 1 heterocycles. The molecule has 1 aromatic heterocycles. The number of benzene rings is 2. The van der Waals surface area contributed by atoms with Gasteiger partial charge in [0.25, 0.3) is 0 Å². The smallest absolute Gasteiger partial charge is 0.221 e. The van der Waals surface area contributed by atoms with Gasteiger partial charge in [-0.25, -0.2) is 4.98 Å². The molecule has 0 aliphatic rings. The fraction of sp³-hybridized carbons (Fsp3) is 0.0588. The molecule has 0 radical (unpaired) electrons. The lowest BCUT2D eigenvalue weighted by Gasteiger charge is -2.01. The molecule has 0 atom stereocenters. The molecular weight excluding hydrogens is 316 g/mol. The molecule has 0 bridgehead atoms. The van der Waals surface area contributed by atoms with Crippen LogP contribution in [-0.2, 0) is 4.79 Å². The number of nitrogens with one attached hydrogen (secondary N) is 1. The van der Waals surface area contributed by atoms with Gasteiger partial charge in [0.05, 0.1) is 10.2 Å². The van der Waals surface area contributed by atoms with E-state index in [9.17, 15) is 4.79 Å². The molecular formula is C17H13ClN2OS. The first kappa shape index (κ1) is 14.8. The minimum atomic E-state index is -0.0728. The van der Waals surface area contributed by atoms with Gasteiger partial charge >= 0.3 is 0 Å². The summed E-state index contributed by atoms with van der Waals surface area (Å²) in [7, 11) is 0. The Bertz CT molecular complexity index is 853. The summed E-state index contributed by atoms with van der Waals surface area (Å²) in [4.78, 5) is 15.5. The molecule has 0 fully saturated rings. The number of anilines is 1. The Morgan fingerprint density at radius 1 is 1.18 bits per heavy atom. The molecule has 0 saturated carbocycles. The van der Waals surface area contributed by atoms with E-state index in [2.05, 4.69) is 10.3 Å². The molecule has 3 aromatic rings. The van der Waals surface area contributed by atoms with Crippen LogP contribution in [0.2, 0.25) is 5.02 Å². The quantitative estimate of drug-likeness (QED) is 0.728. The molecule has 0 saturated heterocycles. The van der Waals surface area contributed by atoms with Gasteiger partial charge in [-0.05, 0) is 42.0 Å². The second-order valence-electron chi connectivity index (χ2n) is 4.80. The molecule has 1 amide bonds. The van der Waals surface area contributed by atoms with Crippen LogP contribution >= 0.6 is 22.9 Å². The third-order valence-corrected chi connectivity index (χ3v) is 4.25. The highest BCUT2D eigenvalue weighted by Gasteiger charge is 2.01. The van der Waals surface area contributed by atoms with Crippen molar-refractivity contribution in [3.8, 4) is 0 Å².